The minimum Gasteiger partial charge on any atom is -0.310 e. The monoisotopic (exact) mass is 738 g/mol. The number of anilines is 3. The molecular formula is C56H38N2. The van der Waals surface area contributed by atoms with Gasteiger partial charge in [0.25, 0.3) is 0 Å². The molecule has 1 aromatic heterocycles. The molecule has 0 aliphatic heterocycles. The molecule has 11 aromatic rings. The van der Waals surface area contributed by atoms with Gasteiger partial charge in [-0.05, 0) is 128 Å². The van der Waals surface area contributed by atoms with Gasteiger partial charge in [0.1, 0.15) is 0 Å². The maximum Gasteiger partial charge on any atom is 0.0561 e. The topological polar surface area (TPSA) is 8.17 Å². The Balaban J connectivity index is 1.06. The second-order valence-corrected chi connectivity index (χ2v) is 15.0. The van der Waals surface area contributed by atoms with Crippen molar-refractivity contribution in [2.24, 2.45) is 0 Å². The van der Waals surface area contributed by atoms with E-state index in [0.717, 1.165) is 22.7 Å². The van der Waals surface area contributed by atoms with E-state index >= 15 is 0 Å². The van der Waals surface area contributed by atoms with Gasteiger partial charge in [-0.15, -0.1) is 0 Å². The Morgan fingerprint density at radius 1 is 0.259 bits per heavy atom. The van der Waals surface area contributed by atoms with Crippen molar-refractivity contribution in [2.75, 3.05) is 4.90 Å². The summed E-state index contributed by atoms with van der Waals surface area (Å²) in [7, 11) is 0. The number of aromatic nitrogens is 1. The van der Waals surface area contributed by atoms with Crippen LogP contribution in [0.2, 0.25) is 0 Å². The van der Waals surface area contributed by atoms with Crippen LogP contribution in [0.4, 0.5) is 17.1 Å². The Hall–Kier alpha value is -7.68. The van der Waals surface area contributed by atoms with Crippen LogP contribution in [0.15, 0.2) is 231 Å². The summed E-state index contributed by atoms with van der Waals surface area (Å²) < 4.78 is 2.39. The molecule has 0 N–H and O–H groups in total. The van der Waals surface area contributed by atoms with E-state index < -0.39 is 0 Å². The van der Waals surface area contributed by atoms with Crippen LogP contribution in [-0.2, 0) is 0 Å². The summed E-state index contributed by atoms with van der Waals surface area (Å²) in [4.78, 5) is 2.41. The van der Waals surface area contributed by atoms with E-state index in [0.29, 0.717) is 0 Å². The lowest BCUT2D eigenvalue weighted by molar-refractivity contribution is 1.18. The van der Waals surface area contributed by atoms with Crippen LogP contribution in [0.1, 0.15) is 0 Å². The maximum absolute atomic E-state index is 2.41. The molecule has 0 saturated heterocycles. The molecule has 2 heteroatoms. The van der Waals surface area contributed by atoms with Gasteiger partial charge >= 0.3 is 0 Å². The Kier molecular flexibility index (Phi) is 8.19. The fourth-order valence-corrected chi connectivity index (χ4v) is 8.66. The largest absolute Gasteiger partial charge is 0.310 e. The second kappa shape index (κ2) is 14.1. The molecule has 0 saturated carbocycles. The summed E-state index contributed by atoms with van der Waals surface area (Å²) in [6.07, 6.45) is 0. The summed E-state index contributed by atoms with van der Waals surface area (Å²) in [5, 5.41) is 7.38. The molecule has 1 heterocycles. The lowest BCUT2D eigenvalue weighted by Gasteiger charge is -2.27. The highest BCUT2D eigenvalue weighted by atomic mass is 15.1. The van der Waals surface area contributed by atoms with Crippen molar-refractivity contribution in [3.05, 3.63) is 231 Å². The first-order valence-corrected chi connectivity index (χ1v) is 19.9. The number of hydrogen-bond donors (Lipinski definition) is 0. The number of fused-ring (bicyclic) bond motifs is 5. The number of benzene rings is 10. The predicted molar refractivity (Wildman–Crippen MR) is 247 cm³/mol. The minimum absolute atomic E-state index is 1.09. The molecule has 0 radical (unpaired) electrons. The van der Waals surface area contributed by atoms with Crippen LogP contribution in [0.5, 0.6) is 0 Å². The molecule has 0 spiro atoms. The average Bonchev–Trinajstić information content (AvgIpc) is 3.63. The van der Waals surface area contributed by atoms with Gasteiger partial charge < -0.3 is 9.47 Å². The molecule has 2 nitrogen and oxygen atoms in total. The third-order valence-corrected chi connectivity index (χ3v) is 11.5. The highest BCUT2D eigenvalue weighted by Gasteiger charge is 2.18. The molecule has 0 fully saturated rings. The van der Waals surface area contributed by atoms with Crippen LogP contribution in [-0.4, -0.2) is 4.57 Å². The van der Waals surface area contributed by atoms with E-state index in [1.807, 2.05) is 0 Å². The van der Waals surface area contributed by atoms with Crippen LogP contribution in [0.3, 0.4) is 0 Å². The van der Waals surface area contributed by atoms with Crippen LogP contribution in [0, 0.1) is 0 Å². The molecule has 10 aromatic carbocycles. The molecule has 272 valence electrons. The Morgan fingerprint density at radius 3 is 1.57 bits per heavy atom. The zero-order valence-corrected chi connectivity index (χ0v) is 31.8. The molecule has 0 unspecified atom stereocenters. The Labute approximate surface area is 338 Å². The SMILES string of the molecule is c1ccc(-c2cccc(N(c3ccc4ccc(-c5cccc(-c6ccc7ccccc7c6)c5)cc4c3)c3ccc4c5ccccc5n(-c5ccccc5)c4c3)c2)cc1. The standard InChI is InChI=1S/C56H38N2/c1-3-13-39(14-4-1)45-19-12-22-50(36-45)57(52-31-32-54-53-23-9-10-24-55(53)58(56(54)38-52)49-20-5-2-6-21-49)51-30-29-41-26-28-47(35-48(41)37-51)44-18-11-17-43(34-44)46-27-25-40-15-7-8-16-42(40)33-46/h1-38H. The normalized spacial score (nSPS) is 11.4. The van der Waals surface area contributed by atoms with E-state index in [9.17, 15) is 0 Å². The molecule has 0 atom stereocenters. The minimum atomic E-state index is 1.09. The van der Waals surface area contributed by atoms with Crippen molar-refractivity contribution in [3.63, 3.8) is 0 Å². The van der Waals surface area contributed by atoms with Gasteiger partial charge in [0.2, 0.25) is 0 Å². The third-order valence-electron chi connectivity index (χ3n) is 11.5. The highest BCUT2D eigenvalue weighted by molar-refractivity contribution is 6.10. The lowest BCUT2D eigenvalue weighted by Crippen LogP contribution is -2.10. The summed E-state index contributed by atoms with van der Waals surface area (Å²) >= 11 is 0. The highest BCUT2D eigenvalue weighted by Crippen LogP contribution is 2.42. The van der Waals surface area contributed by atoms with E-state index in [1.165, 1.54) is 76.7 Å². The quantitative estimate of drug-likeness (QED) is 0.158. The lowest BCUT2D eigenvalue weighted by atomic mass is 9.96. The van der Waals surface area contributed by atoms with E-state index in [4.69, 9.17) is 0 Å². The average molecular weight is 739 g/mol. The zero-order valence-electron chi connectivity index (χ0n) is 31.8. The van der Waals surface area contributed by atoms with Crippen molar-refractivity contribution in [1.82, 2.24) is 4.57 Å². The van der Waals surface area contributed by atoms with Crippen molar-refractivity contribution >= 4 is 60.4 Å². The maximum atomic E-state index is 2.41. The number of hydrogen-bond acceptors (Lipinski definition) is 1. The van der Waals surface area contributed by atoms with Crippen LogP contribution in [0.25, 0.3) is 82.4 Å². The smallest absolute Gasteiger partial charge is 0.0561 e. The van der Waals surface area contributed by atoms with Gasteiger partial charge in [-0.3, -0.25) is 0 Å². The predicted octanol–water partition coefficient (Wildman–Crippen LogP) is 15.6. The van der Waals surface area contributed by atoms with Gasteiger partial charge in [-0.1, -0.05) is 158 Å². The van der Waals surface area contributed by atoms with Gasteiger partial charge in [0.15, 0.2) is 0 Å². The first-order chi connectivity index (χ1) is 28.7. The third kappa shape index (κ3) is 6.00. The Bertz CT molecular complexity index is 3290. The van der Waals surface area contributed by atoms with Crippen LogP contribution < -0.4 is 4.90 Å². The molecule has 58 heavy (non-hydrogen) atoms. The Morgan fingerprint density at radius 2 is 0.776 bits per heavy atom. The van der Waals surface area contributed by atoms with Crippen LogP contribution >= 0.6 is 0 Å². The van der Waals surface area contributed by atoms with Gasteiger partial charge in [0.05, 0.1) is 11.0 Å². The number of nitrogens with zero attached hydrogens (tertiary/aromatic N) is 2. The molecule has 0 bridgehead atoms. The van der Waals surface area contributed by atoms with E-state index in [-0.39, 0.29) is 0 Å². The van der Waals surface area contributed by atoms with Crippen molar-refractivity contribution in [1.29, 1.82) is 0 Å². The van der Waals surface area contributed by atoms with Crippen molar-refractivity contribution < 1.29 is 0 Å². The summed E-state index contributed by atoms with van der Waals surface area (Å²) in [6.45, 7) is 0. The van der Waals surface area contributed by atoms with E-state index in [1.54, 1.807) is 0 Å². The fourth-order valence-electron chi connectivity index (χ4n) is 8.66. The first-order valence-electron chi connectivity index (χ1n) is 19.9. The van der Waals surface area contributed by atoms with Gasteiger partial charge in [-0.2, -0.15) is 0 Å². The van der Waals surface area contributed by atoms with Gasteiger partial charge in [-0.25, -0.2) is 0 Å². The fraction of sp³-hybridized carbons (Fsp3) is 0. The summed E-state index contributed by atoms with van der Waals surface area (Å²) in [5.74, 6) is 0. The second-order valence-electron chi connectivity index (χ2n) is 15.0. The summed E-state index contributed by atoms with van der Waals surface area (Å²) in [6, 6.07) is 83.8. The molecule has 11 rings (SSSR count). The zero-order chi connectivity index (χ0) is 38.4. The van der Waals surface area contributed by atoms with Gasteiger partial charge in [0, 0.05) is 33.5 Å². The first kappa shape index (κ1) is 33.6. The van der Waals surface area contributed by atoms with E-state index in [2.05, 4.69) is 240 Å². The molecule has 0 aliphatic rings. The molecule has 0 aliphatic carbocycles. The van der Waals surface area contributed by atoms with Crippen molar-refractivity contribution in [2.45, 2.75) is 0 Å². The molecule has 0 amide bonds. The number of para-hydroxylation sites is 2. The molecular weight excluding hydrogens is 701 g/mol. The van der Waals surface area contributed by atoms with Crippen molar-refractivity contribution in [3.8, 4) is 39.1 Å². The summed E-state index contributed by atoms with van der Waals surface area (Å²) in [5.41, 5.74) is 14.0. The number of rotatable bonds is 7.